The average molecular weight is 315 g/mol. The van der Waals surface area contributed by atoms with Crippen LogP contribution in [0.3, 0.4) is 0 Å². The molecule has 22 heavy (non-hydrogen) atoms. The van der Waals surface area contributed by atoms with Crippen molar-refractivity contribution in [2.45, 2.75) is 41.5 Å². The van der Waals surface area contributed by atoms with Gasteiger partial charge in [0.05, 0.1) is 54.4 Å². The van der Waals surface area contributed by atoms with Gasteiger partial charge in [0.15, 0.2) is 0 Å². The van der Waals surface area contributed by atoms with Crippen LogP contribution in [0.15, 0.2) is 25.3 Å². The van der Waals surface area contributed by atoms with Gasteiger partial charge in [-0.3, -0.25) is 0 Å². The van der Waals surface area contributed by atoms with E-state index < -0.39 is 0 Å². The molecule has 2 nitrogen and oxygen atoms in total. The van der Waals surface area contributed by atoms with E-state index in [4.69, 9.17) is 0 Å². The molecule has 1 heterocycles. The Kier molecular flexibility index (Phi) is 14.2. The van der Waals surface area contributed by atoms with E-state index >= 15 is 0 Å². The molecular weight excluding hydrogens is 268 g/mol. The fourth-order valence-corrected chi connectivity index (χ4v) is 3.34. The highest BCUT2D eigenvalue weighted by Crippen LogP contribution is 2.30. The van der Waals surface area contributed by atoms with Crippen molar-refractivity contribution in [2.75, 3.05) is 54.4 Å². The third-order valence-corrected chi connectivity index (χ3v) is 4.42. The molecule has 0 bridgehead atoms. The molecular formula is C20H46N2+2. The van der Waals surface area contributed by atoms with Crippen molar-refractivity contribution in [3.63, 3.8) is 0 Å². The van der Waals surface area contributed by atoms with E-state index in [1.807, 2.05) is 12.2 Å². The molecule has 134 valence electrons. The van der Waals surface area contributed by atoms with Crippen LogP contribution in [0.5, 0.6) is 0 Å². The van der Waals surface area contributed by atoms with E-state index in [1.165, 1.54) is 30.4 Å². The molecule has 1 rings (SSSR count). The highest BCUT2D eigenvalue weighted by atomic mass is 15.3. The molecule has 0 aromatic carbocycles. The molecule has 0 aromatic rings. The summed E-state index contributed by atoms with van der Waals surface area (Å²) in [6.07, 6.45) is 6.62. The van der Waals surface area contributed by atoms with Gasteiger partial charge < -0.3 is 8.97 Å². The van der Waals surface area contributed by atoms with Crippen molar-refractivity contribution in [3.05, 3.63) is 25.3 Å². The number of rotatable bonds is 6. The molecule has 2 atom stereocenters. The number of quaternary nitrogens is 2. The second kappa shape index (κ2) is 11.9. The standard InChI is InChI=1S/C10H22N.C8H16N.2CH4/c1-5-9-7-11(3,4)8-10(9)6-2;1-5-7-9(3,4)8-6-2;;/h9-10H,5-8H2,1-4H3;5-6H,1-2,7-8H2,3-4H3;2*1H4/q2*+1;;. The Labute approximate surface area is 142 Å². The molecule has 1 aliphatic heterocycles. The molecule has 0 saturated carbocycles. The topological polar surface area (TPSA) is 0 Å². The van der Waals surface area contributed by atoms with E-state index in [0.29, 0.717) is 0 Å². The zero-order chi connectivity index (χ0) is 15.8. The average Bonchev–Trinajstić information content (AvgIpc) is 2.64. The van der Waals surface area contributed by atoms with Crippen molar-refractivity contribution in [3.8, 4) is 0 Å². The Morgan fingerprint density at radius 3 is 1.45 bits per heavy atom. The Morgan fingerprint density at radius 2 is 1.23 bits per heavy atom. The molecule has 1 aliphatic rings. The van der Waals surface area contributed by atoms with Crippen molar-refractivity contribution in [2.24, 2.45) is 11.8 Å². The maximum atomic E-state index is 3.68. The number of hydrogen-bond acceptors (Lipinski definition) is 0. The predicted octanol–water partition coefficient (Wildman–Crippen LogP) is 4.84. The molecule has 0 N–H and O–H groups in total. The minimum absolute atomic E-state index is 0. The zero-order valence-corrected chi connectivity index (χ0v) is 14.9. The maximum absolute atomic E-state index is 3.68. The highest BCUT2D eigenvalue weighted by molar-refractivity contribution is 4.73. The van der Waals surface area contributed by atoms with Crippen LogP contribution in [-0.4, -0.2) is 63.3 Å². The van der Waals surface area contributed by atoms with Gasteiger partial charge in [-0.15, -0.1) is 0 Å². The summed E-state index contributed by atoms with van der Waals surface area (Å²) in [4.78, 5) is 0. The quantitative estimate of drug-likeness (QED) is 0.486. The maximum Gasteiger partial charge on any atom is 0.0969 e. The van der Waals surface area contributed by atoms with Gasteiger partial charge in [-0.05, 0) is 25.0 Å². The third kappa shape index (κ3) is 10.2. The lowest BCUT2D eigenvalue weighted by Gasteiger charge is -2.26. The van der Waals surface area contributed by atoms with Crippen LogP contribution in [0.25, 0.3) is 0 Å². The minimum atomic E-state index is 0. The SMILES string of the molecule is C.C.C=CC[N+](C)(C)CC=C.CCC1C[N+](C)(C)CC1CC. The predicted molar refractivity (Wildman–Crippen MR) is 105 cm³/mol. The highest BCUT2D eigenvalue weighted by Gasteiger charge is 2.37. The largest absolute Gasteiger partial charge is 0.328 e. The van der Waals surface area contributed by atoms with Gasteiger partial charge in [0, 0.05) is 11.8 Å². The van der Waals surface area contributed by atoms with Crippen molar-refractivity contribution in [1.82, 2.24) is 0 Å². The van der Waals surface area contributed by atoms with Crippen molar-refractivity contribution < 1.29 is 8.97 Å². The fourth-order valence-electron chi connectivity index (χ4n) is 3.34. The van der Waals surface area contributed by atoms with Crippen LogP contribution in [0.2, 0.25) is 0 Å². The molecule has 1 saturated heterocycles. The van der Waals surface area contributed by atoms with Crippen molar-refractivity contribution >= 4 is 0 Å². The summed E-state index contributed by atoms with van der Waals surface area (Å²) in [6.45, 7) is 16.8. The first-order valence-electron chi connectivity index (χ1n) is 8.07. The molecule has 0 aromatic heterocycles. The molecule has 0 spiro atoms. The zero-order valence-electron chi connectivity index (χ0n) is 14.9. The second-order valence-corrected chi connectivity index (χ2v) is 7.52. The smallest absolute Gasteiger partial charge is 0.0969 e. The normalized spacial score (nSPS) is 22.5. The fraction of sp³-hybridized carbons (Fsp3) is 0.800. The Morgan fingerprint density at radius 1 is 0.909 bits per heavy atom. The number of nitrogens with zero attached hydrogens (tertiary/aromatic N) is 2. The molecule has 2 unspecified atom stereocenters. The molecule has 1 fully saturated rings. The Bertz CT molecular complexity index is 266. The number of likely N-dealkylation sites (tertiary alicyclic amines) is 1. The lowest BCUT2D eigenvalue weighted by atomic mass is 9.92. The van der Waals surface area contributed by atoms with Gasteiger partial charge in [0.2, 0.25) is 0 Å². The number of hydrogen-bond donors (Lipinski definition) is 0. The van der Waals surface area contributed by atoms with Gasteiger partial charge in [0.1, 0.15) is 0 Å². The molecule has 0 aliphatic carbocycles. The van der Waals surface area contributed by atoms with Gasteiger partial charge in [-0.1, -0.05) is 41.9 Å². The molecule has 0 radical (unpaired) electrons. The van der Waals surface area contributed by atoms with E-state index in [-0.39, 0.29) is 14.9 Å². The molecule has 2 heteroatoms. The Balaban J connectivity index is -0.000000307. The number of likely N-dealkylation sites (N-methyl/N-ethyl adjacent to an activating group) is 1. The van der Waals surface area contributed by atoms with E-state index in [2.05, 4.69) is 55.2 Å². The van der Waals surface area contributed by atoms with Crippen LogP contribution in [-0.2, 0) is 0 Å². The summed E-state index contributed by atoms with van der Waals surface area (Å²) in [6, 6.07) is 0. The van der Waals surface area contributed by atoms with Crippen LogP contribution in [0.1, 0.15) is 41.5 Å². The lowest BCUT2D eigenvalue weighted by Crippen LogP contribution is -2.39. The van der Waals surface area contributed by atoms with Gasteiger partial charge in [-0.25, -0.2) is 0 Å². The Hall–Kier alpha value is -0.600. The summed E-state index contributed by atoms with van der Waals surface area (Å²) >= 11 is 0. The van der Waals surface area contributed by atoms with E-state index in [0.717, 1.165) is 29.4 Å². The van der Waals surface area contributed by atoms with Crippen LogP contribution < -0.4 is 0 Å². The van der Waals surface area contributed by atoms with Crippen molar-refractivity contribution in [1.29, 1.82) is 0 Å². The summed E-state index contributed by atoms with van der Waals surface area (Å²) in [7, 11) is 9.03. The third-order valence-electron chi connectivity index (χ3n) is 4.42. The van der Waals surface area contributed by atoms with E-state index in [9.17, 15) is 0 Å². The first-order valence-corrected chi connectivity index (χ1v) is 8.07. The minimum Gasteiger partial charge on any atom is -0.328 e. The second-order valence-electron chi connectivity index (χ2n) is 7.52. The summed E-state index contributed by atoms with van der Waals surface area (Å²) < 4.78 is 2.20. The van der Waals surface area contributed by atoms with Gasteiger partial charge in [-0.2, -0.15) is 0 Å². The lowest BCUT2D eigenvalue weighted by molar-refractivity contribution is -0.880. The molecule has 0 amide bonds. The monoisotopic (exact) mass is 314 g/mol. The first-order chi connectivity index (χ1) is 9.21. The van der Waals surface area contributed by atoms with Crippen LogP contribution in [0.4, 0.5) is 0 Å². The van der Waals surface area contributed by atoms with Crippen LogP contribution in [0, 0.1) is 11.8 Å². The summed E-state index contributed by atoms with van der Waals surface area (Å²) in [5.41, 5.74) is 0. The van der Waals surface area contributed by atoms with E-state index in [1.54, 1.807) is 0 Å². The van der Waals surface area contributed by atoms with Gasteiger partial charge >= 0.3 is 0 Å². The van der Waals surface area contributed by atoms with Gasteiger partial charge in [0.25, 0.3) is 0 Å². The summed E-state index contributed by atoms with van der Waals surface area (Å²) in [5.74, 6) is 1.99. The summed E-state index contributed by atoms with van der Waals surface area (Å²) in [5, 5.41) is 0. The van der Waals surface area contributed by atoms with Crippen LogP contribution >= 0.6 is 0 Å². The first kappa shape index (κ1) is 26.3.